The van der Waals surface area contributed by atoms with Crippen molar-refractivity contribution in [2.24, 2.45) is 0 Å². The molecule has 0 bridgehead atoms. The van der Waals surface area contributed by atoms with Gasteiger partial charge in [-0.05, 0) is 60.8 Å². The van der Waals surface area contributed by atoms with Gasteiger partial charge in [-0.25, -0.2) is 4.98 Å². The van der Waals surface area contributed by atoms with Crippen molar-refractivity contribution in [1.29, 1.82) is 0 Å². The molecule has 7 rings (SSSR count). The minimum Gasteiger partial charge on any atom is -0.369 e. The largest absolute Gasteiger partial charge is 0.369 e. The van der Waals surface area contributed by atoms with E-state index in [1.54, 1.807) is 0 Å². The number of aromatic amines is 1. The lowest BCUT2D eigenvalue weighted by atomic mass is 9.99. The zero-order valence-electron chi connectivity index (χ0n) is 22.4. The predicted octanol–water partition coefficient (Wildman–Crippen LogP) is 5.82. The van der Waals surface area contributed by atoms with Gasteiger partial charge in [-0.15, -0.1) is 0 Å². The van der Waals surface area contributed by atoms with E-state index < -0.39 is 0 Å². The van der Waals surface area contributed by atoms with Crippen LogP contribution in [0.25, 0.3) is 33.5 Å². The van der Waals surface area contributed by atoms with Gasteiger partial charge in [0.1, 0.15) is 11.2 Å². The van der Waals surface area contributed by atoms with Crippen molar-refractivity contribution in [3.8, 4) is 22.5 Å². The Balaban J connectivity index is 1.15. The number of piperazine rings is 1. The average molecular weight is 515 g/mol. The topological polar surface area (TPSA) is 60.1 Å². The minimum absolute atomic E-state index is 0.368. The standard InChI is InChI=1S/C33H34N6/c1-38-18-20-39(21-19-38)25-12-10-24(11-13-25)32-33-31(36-37-32)17-16-30(35-33)28-9-5-8-27-26(28)14-15-29(27)34-22-23-6-3-2-4-7-23/h2-13,16-17,29,34H,14-15,18-22H2,1H3,(H,36,37). The van der Waals surface area contributed by atoms with E-state index >= 15 is 0 Å². The Morgan fingerprint density at radius 3 is 2.51 bits per heavy atom. The number of anilines is 1. The van der Waals surface area contributed by atoms with Crippen LogP contribution in [0.15, 0.2) is 84.9 Å². The van der Waals surface area contributed by atoms with Crippen LogP contribution in [-0.4, -0.2) is 53.3 Å². The molecule has 3 heterocycles. The maximum absolute atomic E-state index is 5.17. The summed E-state index contributed by atoms with van der Waals surface area (Å²) < 4.78 is 0. The molecular formula is C33H34N6. The fourth-order valence-electron chi connectivity index (χ4n) is 6.09. The third-order valence-electron chi connectivity index (χ3n) is 8.36. The fraction of sp³-hybridized carbons (Fsp3) is 0.273. The van der Waals surface area contributed by atoms with Crippen molar-refractivity contribution < 1.29 is 0 Å². The third-order valence-corrected chi connectivity index (χ3v) is 8.36. The summed E-state index contributed by atoms with van der Waals surface area (Å²) in [4.78, 5) is 10.0. The Morgan fingerprint density at radius 2 is 1.69 bits per heavy atom. The van der Waals surface area contributed by atoms with E-state index in [0.29, 0.717) is 6.04 Å². The molecule has 3 aromatic carbocycles. The maximum Gasteiger partial charge on any atom is 0.118 e. The van der Waals surface area contributed by atoms with Gasteiger partial charge in [0.05, 0.1) is 11.2 Å². The predicted molar refractivity (Wildman–Crippen MR) is 159 cm³/mol. The second kappa shape index (κ2) is 10.3. The Kier molecular flexibility index (Phi) is 6.35. The molecule has 2 aromatic heterocycles. The van der Waals surface area contributed by atoms with Gasteiger partial charge in [0, 0.05) is 55.6 Å². The molecule has 6 heteroatoms. The summed E-state index contributed by atoms with van der Waals surface area (Å²) >= 11 is 0. The number of fused-ring (bicyclic) bond motifs is 2. The highest BCUT2D eigenvalue weighted by Gasteiger charge is 2.25. The van der Waals surface area contributed by atoms with Gasteiger partial charge in [-0.1, -0.05) is 60.7 Å². The van der Waals surface area contributed by atoms with Crippen LogP contribution in [0.1, 0.15) is 29.2 Å². The Hall–Kier alpha value is -4.00. The van der Waals surface area contributed by atoms with Crippen LogP contribution >= 0.6 is 0 Å². The van der Waals surface area contributed by atoms with Crippen LogP contribution in [0.3, 0.4) is 0 Å². The van der Waals surface area contributed by atoms with Crippen LogP contribution in [0.4, 0.5) is 5.69 Å². The molecule has 1 aliphatic carbocycles. The molecule has 1 fully saturated rings. The summed E-state index contributed by atoms with van der Waals surface area (Å²) in [5.41, 5.74) is 11.5. The molecule has 0 saturated carbocycles. The van der Waals surface area contributed by atoms with E-state index in [9.17, 15) is 0 Å². The van der Waals surface area contributed by atoms with Crippen LogP contribution in [0.5, 0.6) is 0 Å². The smallest absolute Gasteiger partial charge is 0.118 e. The number of hydrogen-bond acceptors (Lipinski definition) is 5. The molecule has 196 valence electrons. The number of aromatic nitrogens is 3. The van der Waals surface area contributed by atoms with E-state index in [1.165, 1.54) is 27.9 Å². The van der Waals surface area contributed by atoms with Crippen molar-refractivity contribution in [2.75, 3.05) is 38.1 Å². The van der Waals surface area contributed by atoms with Crippen molar-refractivity contribution in [3.63, 3.8) is 0 Å². The average Bonchev–Trinajstić information content (AvgIpc) is 3.61. The number of hydrogen-bond donors (Lipinski definition) is 2. The molecule has 1 atom stereocenters. The monoisotopic (exact) mass is 514 g/mol. The van der Waals surface area contributed by atoms with Gasteiger partial charge in [0.2, 0.25) is 0 Å². The number of likely N-dealkylation sites (N-methyl/N-ethyl adjacent to an activating group) is 1. The number of nitrogens with zero attached hydrogens (tertiary/aromatic N) is 4. The molecule has 0 radical (unpaired) electrons. The molecule has 1 aliphatic heterocycles. The maximum atomic E-state index is 5.17. The highest BCUT2D eigenvalue weighted by Crippen LogP contribution is 2.38. The number of H-pyrrole nitrogens is 1. The summed E-state index contributed by atoms with van der Waals surface area (Å²) in [5.74, 6) is 0. The summed E-state index contributed by atoms with van der Waals surface area (Å²) in [6.07, 6.45) is 2.17. The number of rotatable bonds is 6. The second-order valence-electron chi connectivity index (χ2n) is 10.8. The first-order chi connectivity index (χ1) is 19.2. The zero-order valence-corrected chi connectivity index (χ0v) is 22.4. The Morgan fingerprint density at radius 1 is 0.872 bits per heavy atom. The highest BCUT2D eigenvalue weighted by atomic mass is 15.2. The summed E-state index contributed by atoms with van der Waals surface area (Å²) in [5, 5.41) is 11.7. The first-order valence-electron chi connectivity index (χ1n) is 14.0. The number of nitrogens with one attached hydrogen (secondary N) is 2. The van der Waals surface area contributed by atoms with E-state index in [1.807, 2.05) is 0 Å². The van der Waals surface area contributed by atoms with Crippen molar-refractivity contribution >= 4 is 16.7 Å². The molecule has 6 nitrogen and oxygen atoms in total. The normalized spacial score (nSPS) is 17.6. The highest BCUT2D eigenvalue weighted by molar-refractivity contribution is 5.91. The first-order valence-corrected chi connectivity index (χ1v) is 14.0. The van der Waals surface area contributed by atoms with E-state index in [2.05, 4.69) is 117 Å². The van der Waals surface area contributed by atoms with Gasteiger partial charge in [-0.2, -0.15) is 5.10 Å². The lowest BCUT2D eigenvalue weighted by Crippen LogP contribution is -2.44. The van der Waals surface area contributed by atoms with E-state index in [-0.39, 0.29) is 0 Å². The van der Waals surface area contributed by atoms with Crippen molar-refractivity contribution in [2.45, 2.75) is 25.4 Å². The fourth-order valence-corrected chi connectivity index (χ4v) is 6.09. The van der Waals surface area contributed by atoms with E-state index in [0.717, 1.165) is 73.6 Å². The molecule has 2 aliphatic rings. The van der Waals surface area contributed by atoms with Gasteiger partial charge < -0.3 is 15.1 Å². The summed E-state index contributed by atoms with van der Waals surface area (Å²) in [6, 6.07) is 30.7. The van der Waals surface area contributed by atoms with Crippen LogP contribution in [0, 0.1) is 0 Å². The number of benzene rings is 3. The van der Waals surface area contributed by atoms with E-state index in [4.69, 9.17) is 4.98 Å². The zero-order chi connectivity index (χ0) is 26.2. The van der Waals surface area contributed by atoms with Crippen molar-refractivity contribution in [3.05, 3.63) is 102 Å². The SMILES string of the molecule is CN1CCN(c2ccc(-c3n[nH]c4ccc(-c5cccc6c5CCC6NCc5ccccc5)nc34)cc2)CC1. The summed E-state index contributed by atoms with van der Waals surface area (Å²) in [6.45, 7) is 5.22. The van der Waals surface area contributed by atoms with Crippen LogP contribution in [-0.2, 0) is 13.0 Å². The van der Waals surface area contributed by atoms with Crippen molar-refractivity contribution in [1.82, 2.24) is 25.4 Å². The number of pyridine rings is 1. The Labute approximate surface area is 229 Å². The van der Waals surface area contributed by atoms with Gasteiger partial charge >= 0.3 is 0 Å². The molecule has 2 N–H and O–H groups in total. The molecule has 1 unspecified atom stereocenters. The molecule has 5 aromatic rings. The first kappa shape index (κ1) is 24.1. The molecule has 1 saturated heterocycles. The second-order valence-corrected chi connectivity index (χ2v) is 10.8. The minimum atomic E-state index is 0.368. The van der Waals surface area contributed by atoms with Crippen LogP contribution < -0.4 is 10.2 Å². The summed E-state index contributed by atoms with van der Waals surface area (Å²) in [7, 11) is 2.19. The van der Waals surface area contributed by atoms with Crippen LogP contribution in [0.2, 0.25) is 0 Å². The lowest BCUT2D eigenvalue weighted by Gasteiger charge is -2.34. The lowest BCUT2D eigenvalue weighted by molar-refractivity contribution is 0.313. The van der Waals surface area contributed by atoms with Gasteiger partial charge in [0.15, 0.2) is 0 Å². The quantitative estimate of drug-likeness (QED) is 0.299. The Bertz CT molecular complexity index is 1580. The molecule has 0 spiro atoms. The van der Waals surface area contributed by atoms with Gasteiger partial charge in [0.25, 0.3) is 0 Å². The van der Waals surface area contributed by atoms with Gasteiger partial charge in [-0.3, -0.25) is 5.10 Å². The molecular weight excluding hydrogens is 480 g/mol. The molecule has 0 amide bonds. The molecule has 39 heavy (non-hydrogen) atoms. The third kappa shape index (κ3) is 4.71.